The molecule has 0 heterocycles. The minimum absolute atomic E-state index is 0.255. The highest BCUT2D eigenvalue weighted by atomic mass is 32.2. The van der Waals surface area contributed by atoms with Crippen LogP contribution in [0, 0.1) is 5.92 Å². The standard InChI is InChI=1S/C8H17NS/c1-7(2)6-9-10-8(3,4)5/h6-7H,1-5H3/b9-6+. The first kappa shape index (κ1) is 10.0. The van der Waals surface area contributed by atoms with Gasteiger partial charge in [-0.1, -0.05) is 13.8 Å². The summed E-state index contributed by atoms with van der Waals surface area (Å²) in [4.78, 5) is 0. The monoisotopic (exact) mass is 159 g/mol. The van der Waals surface area contributed by atoms with Crippen molar-refractivity contribution in [3.8, 4) is 0 Å². The van der Waals surface area contributed by atoms with Gasteiger partial charge in [-0.05, 0) is 38.6 Å². The van der Waals surface area contributed by atoms with Gasteiger partial charge in [0, 0.05) is 11.0 Å². The molecule has 0 fully saturated rings. The van der Waals surface area contributed by atoms with Crippen molar-refractivity contribution in [2.24, 2.45) is 10.3 Å². The van der Waals surface area contributed by atoms with Crippen molar-refractivity contribution < 1.29 is 0 Å². The minimum Gasteiger partial charge on any atom is -0.228 e. The van der Waals surface area contributed by atoms with Crippen LogP contribution in [0.2, 0.25) is 0 Å². The van der Waals surface area contributed by atoms with Crippen molar-refractivity contribution >= 4 is 18.2 Å². The van der Waals surface area contributed by atoms with Crippen LogP contribution in [0.4, 0.5) is 0 Å². The highest BCUT2D eigenvalue weighted by molar-refractivity contribution is 7.99. The van der Waals surface area contributed by atoms with Crippen molar-refractivity contribution in [2.45, 2.75) is 39.4 Å². The SMILES string of the molecule is CC(C)/C=N/SC(C)(C)C. The number of hydrogen-bond donors (Lipinski definition) is 0. The maximum Gasteiger partial charge on any atom is 0.0294 e. The van der Waals surface area contributed by atoms with E-state index < -0.39 is 0 Å². The molecule has 0 saturated carbocycles. The summed E-state index contributed by atoms with van der Waals surface area (Å²) in [6.07, 6.45) is 1.98. The molecule has 0 spiro atoms. The molecular weight excluding hydrogens is 142 g/mol. The van der Waals surface area contributed by atoms with E-state index in [-0.39, 0.29) is 4.75 Å². The van der Waals surface area contributed by atoms with Crippen LogP contribution in [0.15, 0.2) is 4.40 Å². The third kappa shape index (κ3) is 8.02. The van der Waals surface area contributed by atoms with E-state index >= 15 is 0 Å². The lowest BCUT2D eigenvalue weighted by atomic mass is 10.3. The Bertz CT molecular complexity index is 111. The van der Waals surface area contributed by atoms with Crippen molar-refractivity contribution in [2.75, 3.05) is 0 Å². The summed E-state index contributed by atoms with van der Waals surface area (Å²) in [5.41, 5.74) is 0. The van der Waals surface area contributed by atoms with Crippen LogP contribution in [-0.2, 0) is 0 Å². The van der Waals surface area contributed by atoms with Gasteiger partial charge < -0.3 is 0 Å². The van der Waals surface area contributed by atoms with Crippen molar-refractivity contribution in [3.63, 3.8) is 0 Å². The first-order chi connectivity index (χ1) is 4.42. The summed E-state index contributed by atoms with van der Waals surface area (Å²) in [6.45, 7) is 10.7. The lowest BCUT2D eigenvalue weighted by Gasteiger charge is -2.12. The molecule has 0 aromatic carbocycles. The summed E-state index contributed by atoms with van der Waals surface area (Å²) in [5, 5.41) is 0. The van der Waals surface area contributed by atoms with Crippen LogP contribution in [0.25, 0.3) is 0 Å². The predicted octanol–water partition coefficient (Wildman–Crippen LogP) is 3.16. The van der Waals surface area contributed by atoms with Gasteiger partial charge in [0.25, 0.3) is 0 Å². The van der Waals surface area contributed by atoms with Crippen LogP contribution < -0.4 is 0 Å². The summed E-state index contributed by atoms with van der Waals surface area (Å²) in [6, 6.07) is 0. The van der Waals surface area contributed by atoms with E-state index in [2.05, 4.69) is 39.0 Å². The predicted molar refractivity (Wildman–Crippen MR) is 50.7 cm³/mol. The van der Waals surface area contributed by atoms with Gasteiger partial charge in [0.15, 0.2) is 0 Å². The quantitative estimate of drug-likeness (QED) is 0.445. The molecule has 60 valence electrons. The first-order valence-electron chi connectivity index (χ1n) is 3.63. The van der Waals surface area contributed by atoms with Crippen molar-refractivity contribution in [3.05, 3.63) is 0 Å². The van der Waals surface area contributed by atoms with E-state index in [4.69, 9.17) is 0 Å². The second kappa shape index (κ2) is 4.02. The molecule has 0 radical (unpaired) electrons. The van der Waals surface area contributed by atoms with Crippen molar-refractivity contribution in [1.82, 2.24) is 0 Å². The molecule has 0 rings (SSSR count). The Kier molecular flexibility index (Phi) is 4.02. The lowest BCUT2D eigenvalue weighted by molar-refractivity contribution is 0.803. The molecule has 0 amide bonds. The van der Waals surface area contributed by atoms with Crippen LogP contribution in [0.5, 0.6) is 0 Å². The molecule has 0 aromatic heterocycles. The molecule has 0 aromatic rings. The first-order valence-corrected chi connectivity index (χ1v) is 4.41. The zero-order valence-corrected chi connectivity index (χ0v) is 8.33. The smallest absolute Gasteiger partial charge is 0.0294 e. The number of nitrogens with zero attached hydrogens (tertiary/aromatic N) is 1. The number of rotatable bonds is 2. The fourth-order valence-electron chi connectivity index (χ4n) is 0.310. The Morgan fingerprint density at radius 1 is 1.30 bits per heavy atom. The van der Waals surface area contributed by atoms with Gasteiger partial charge in [-0.15, -0.1) is 0 Å². The molecule has 2 heteroatoms. The third-order valence-corrected chi connectivity index (χ3v) is 1.46. The second-order valence-corrected chi connectivity index (χ2v) is 5.32. The molecule has 0 unspecified atom stereocenters. The molecule has 0 saturated heterocycles. The van der Waals surface area contributed by atoms with Gasteiger partial charge in [-0.3, -0.25) is 0 Å². The van der Waals surface area contributed by atoms with Gasteiger partial charge in [-0.2, -0.15) is 0 Å². The molecule has 10 heavy (non-hydrogen) atoms. The fourth-order valence-corrected chi connectivity index (χ4v) is 0.931. The van der Waals surface area contributed by atoms with E-state index in [1.807, 2.05) is 6.21 Å². The molecule has 0 aliphatic heterocycles. The maximum atomic E-state index is 4.23. The van der Waals surface area contributed by atoms with Crippen LogP contribution in [0.1, 0.15) is 34.6 Å². The van der Waals surface area contributed by atoms with Gasteiger partial charge in [0.2, 0.25) is 0 Å². The summed E-state index contributed by atoms with van der Waals surface area (Å²) in [7, 11) is 0. The van der Waals surface area contributed by atoms with Gasteiger partial charge in [0.05, 0.1) is 0 Å². The van der Waals surface area contributed by atoms with Gasteiger partial charge >= 0.3 is 0 Å². The summed E-state index contributed by atoms with van der Waals surface area (Å²) in [5.74, 6) is 0.565. The molecule has 1 nitrogen and oxygen atoms in total. The van der Waals surface area contributed by atoms with E-state index in [1.165, 1.54) is 0 Å². The molecule has 0 aliphatic carbocycles. The zero-order chi connectivity index (χ0) is 8.20. The summed E-state index contributed by atoms with van der Waals surface area (Å²) >= 11 is 1.63. The minimum atomic E-state index is 0.255. The zero-order valence-electron chi connectivity index (χ0n) is 7.51. The van der Waals surface area contributed by atoms with E-state index in [9.17, 15) is 0 Å². The average Bonchev–Trinajstić information content (AvgIpc) is 1.59. The van der Waals surface area contributed by atoms with Crippen molar-refractivity contribution in [1.29, 1.82) is 0 Å². The largest absolute Gasteiger partial charge is 0.228 e. The topological polar surface area (TPSA) is 12.4 Å². The molecule has 0 aliphatic rings. The Balaban J connectivity index is 3.54. The molecule has 0 N–H and O–H groups in total. The number of hydrogen-bond acceptors (Lipinski definition) is 2. The van der Waals surface area contributed by atoms with Gasteiger partial charge in [-0.25, -0.2) is 4.40 Å². The Hall–Kier alpha value is 0.0200. The maximum absolute atomic E-state index is 4.23. The van der Waals surface area contributed by atoms with Gasteiger partial charge in [0.1, 0.15) is 0 Å². The highest BCUT2D eigenvalue weighted by Crippen LogP contribution is 2.23. The van der Waals surface area contributed by atoms with E-state index in [1.54, 1.807) is 11.9 Å². The Morgan fingerprint density at radius 3 is 2.10 bits per heavy atom. The van der Waals surface area contributed by atoms with Crippen LogP contribution in [-0.4, -0.2) is 11.0 Å². The van der Waals surface area contributed by atoms with E-state index in [0.29, 0.717) is 5.92 Å². The Morgan fingerprint density at radius 2 is 1.80 bits per heavy atom. The molecule has 0 atom stereocenters. The second-order valence-electron chi connectivity index (χ2n) is 3.70. The summed E-state index contributed by atoms with van der Waals surface area (Å²) < 4.78 is 4.49. The normalized spacial score (nSPS) is 13.4. The van der Waals surface area contributed by atoms with E-state index in [0.717, 1.165) is 0 Å². The average molecular weight is 159 g/mol. The third-order valence-electron chi connectivity index (χ3n) is 0.686. The molecule has 0 bridgehead atoms. The molecular formula is C8H17NS. The van der Waals surface area contributed by atoms with Crippen LogP contribution in [0.3, 0.4) is 0 Å². The lowest BCUT2D eigenvalue weighted by Crippen LogP contribution is -2.05. The highest BCUT2D eigenvalue weighted by Gasteiger charge is 2.08. The Labute approximate surface area is 68.4 Å². The fraction of sp³-hybridized carbons (Fsp3) is 0.875. The van der Waals surface area contributed by atoms with Crippen LogP contribution >= 0.6 is 11.9 Å².